The van der Waals surface area contributed by atoms with Gasteiger partial charge in [0, 0.05) is 30.8 Å². The first kappa shape index (κ1) is 13.2. The van der Waals surface area contributed by atoms with Gasteiger partial charge in [-0.3, -0.25) is 4.79 Å². The summed E-state index contributed by atoms with van der Waals surface area (Å²) in [4.78, 5) is 12.1. The largest absolute Gasteiger partial charge is 0.449 e. The Morgan fingerprint density at radius 2 is 1.95 bits per heavy atom. The number of pyridine rings is 1. The number of furan rings is 1. The van der Waals surface area contributed by atoms with E-state index in [2.05, 4.69) is 35.0 Å². The molecular weight excluding hydrogens is 318 g/mol. The summed E-state index contributed by atoms with van der Waals surface area (Å²) in [5, 5.41) is 0.611. The van der Waals surface area contributed by atoms with Gasteiger partial charge in [-0.25, -0.2) is 0 Å². The third-order valence-electron chi connectivity index (χ3n) is 3.61. The minimum absolute atomic E-state index is 0.0431. The summed E-state index contributed by atoms with van der Waals surface area (Å²) in [5.74, 6) is 0.156. The highest BCUT2D eigenvalue weighted by Crippen LogP contribution is 2.31. The Morgan fingerprint density at radius 3 is 2.65 bits per heavy atom. The highest BCUT2D eigenvalue weighted by Gasteiger charge is 2.18. The van der Waals surface area contributed by atoms with E-state index in [0.29, 0.717) is 15.6 Å². The number of fused-ring (bicyclic) bond motifs is 1. The second-order valence-corrected chi connectivity index (χ2v) is 5.71. The summed E-state index contributed by atoms with van der Waals surface area (Å²) in [5.41, 5.74) is 2.83. The van der Waals surface area contributed by atoms with Crippen LogP contribution in [0.5, 0.6) is 0 Å². The van der Waals surface area contributed by atoms with Crippen molar-refractivity contribution in [3.63, 3.8) is 0 Å². The fourth-order valence-electron chi connectivity index (χ4n) is 2.48. The zero-order valence-corrected chi connectivity index (χ0v) is 12.8. The molecule has 0 saturated carbocycles. The van der Waals surface area contributed by atoms with E-state index in [-0.39, 0.29) is 11.5 Å². The van der Waals surface area contributed by atoms with Crippen molar-refractivity contribution in [1.82, 2.24) is 4.57 Å². The molecule has 1 unspecified atom stereocenters. The van der Waals surface area contributed by atoms with Gasteiger partial charge >= 0.3 is 0 Å². The van der Waals surface area contributed by atoms with Gasteiger partial charge in [-0.1, -0.05) is 37.3 Å². The molecule has 2 heterocycles. The molecule has 0 amide bonds. The minimum atomic E-state index is -0.0431. The third-order valence-corrected chi connectivity index (χ3v) is 4.00. The van der Waals surface area contributed by atoms with Crippen LogP contribution < -0.4 is 5.56 Å². The molecule has 102 valence electrons. The van der Waals surface area contributed by atoms with Crippen LogP contribution in [-0.4, -0.2) is 4.57 Å². The number of hydrogen-bond acceptors (Lipinski definition) is 2. The van der Waals surface area contributed by atoms with Crippen molar-refractivity contribution in [3.8, 4) is 0 Å². The molecule has 2 aromatic heterocycles. The van der Waals surface area contributed by atoms with Crippen LogP contribution in [0.3, 0.4) is 0 Å². The Kier molecular flexibility index (Phi) is 3.26. The van der Waals surface area contributed by atoms with Gasteiger partial charge in [0.25, 0.3) is 5.56 Å². The molecule has 3 nitrogen and oxygen atoms in total. The number of hydrogen-bond donors (Lipinski definition) is 0. The first-order chi connectivity index (χ1) is 9.58. The van der Waals surface area contributed by atoms with E-state index in [1.165, 1.54) is 5.56 Å². The third kappa shape index (κ3) is 2.10. The van der Waals surface area contributed by atoms with Gasteiger partial charge in [0.1, 0.15) is 5.58 Å². The molecule has 0 spiro atoms. The lowest BCUT2D eigenvalue weighted by Gasteiger charge is -2.14. The predicted octanol–water partition coefficient (Wildman–Crippen LogP) is 4.05. The van der Waals surface area contributed by atoms with Crippen molar-refractivity contribution in [2.45, 2.75) is 12.8 Å². The SMILES string of the molecule is CC(c1ccccc1)c1cn(C)c(=O)c2cc(Br)oc12. The molecule has 1 atom stereocenters. The number of aryl methyl sites for hydroxylation is 1. The number of aromatic nitrogens is 1. The lowest BCUT2D eigenvalue weighted by Crippen LogP contribution is -2.17. The molecule has 0 saturated heterocycles. The first-order valence-electron chi connectivity index (χ1n) is 6.41. The van der Waals surface area contributed by atoms with Crippen LogP contribution in [0.25, 0.3) is 11.0 Å². The Labute approximate surface area is 125 Å². The van der Waals surface area contributed by atoms with Crippen LogP contribution in [0, 0.1) is 0 Å². The van der Waals surface area contributed by atoms with Crippen molar-refractivity contribution in [2.24, 2.45) is 7.05 Å². The summed E-state index contributed by atoms with van der Waals surface area (Å²) in [6.45, 7) is 2.12. The average molecular weight is 332 g/mol. The number of rotatable bonds is 2. The highest BCUT2D eigenvalue weighted by molar-refractivity contribution is 9.10. The Bertz CT molecular complexity index is 818. The molecule has 0 fully saturated rings. The van der Waals surface area contributed by atoms with Crippen molar-refractivity contribution in [3.05, 3.63) is 68.7 Å². The molecule has 0 radical (unpaired) electrons. The van der Waals surface area contributed by atoms with Gasteiger partial charge in [0.15, 0.2) is 4.67 Å². The fourth-order valence-corrected chi connectivity index (χ4v) is 2.87. The van der Waals surface area contributed by atoms with E-state index >= 15 is 0 Å². The summed E-state index contributed by atoms with van der Waals surface area (Å²) in [7, 11) is 1.77. The van der Waals surface area contributed by atoms with Gasteiger partial charge in [0.05, 0.1) is 5.39 Å². The maximum Gasteiger partial charge on any atom is 0.261 e. The number of nitrogens with zero attached hydrogens (tertiary/aromatic N) is 1. The topological polar surface area (TPSA) is 35.1 Å². The highest BCUT2D eigenvalue weighted by atomic mass is 79.9. The molecule has 0 N–H and O–H groups in total. The Hall–Kier alpha value is -1.81. The molecule has 3 aromatic rings. The molecule has 0 aliphatic heterocycles. The molecule has 0 aliphatic rings. The van der Waals surface area contributed by atoms with Crippen molar-refractivity contribution in [2.75, 3.05) is 0 Å². The van der Waals surface area contributed by atoms with Gasteiger partial charge in [0.2, 0.25) is 0 Å². The van der Waals surface area contributed by atoms with Crippen LogP contribution in [-0.2, 0) is 7.05 Å². The van der Waals surface area contributed by atoms with Crippen LogP contribution in [0.1, 0.15) is 24.0 Å². The second kappa shape index (κ2) is 4.94. The van der Waals surface area contributed by atoms with Crippen molar-refractivity contribution in [1.29, 1.82) is 0 Å². The fraction of sp³-hybridized carbons (Fsp3) is 0.188. The molecule has 4 heteroatoms. The zero-order chi connectivity index (χ0) is 14.3. The Morgan fingerprint density at radius 1 is 1.25 bits per heavy atom. The Balaban J connectivity index is 2.26. The summed E-state index contributed by atoms with van der Waals surface area (Å²) >= 11 is 3.31. The van der Waals surface area contributed by atoms with Crippen LogP contribution in [0.15, 0.2) is 56.5 Å². The lowest BCUT2D eigenvalue weighted by atomic mass is 9.93. The summed E-state index contributed by atoms with van der Waals surface area (Å²) < 4.78 is 7.87. The van der Waals surface area contributed by atoms with E-state index in [1.54, 1.807) is 17.7 Å². The molecular formula is C16H14BrNO2. The predicted molar refractivity (Wildman–Crippen MR) is 83.1 cm³/mol. The summed E-state index contributed by atoms with van der Waals surface area (Å²) in [6.07, 6.45) is 1.86. The minimum Gasteiger partial charge on any atom is -0.449 e. The molecule has 1 aromatic carbocycles. The van der Waals surface area contributed by atoms with E-state index in [1.807, 2.05) is 24.4 Å². The smallest absolute Gasteiger partial charge is 0.261 e. The van der Waals surface area contributed by atoms with E-state index in [4.69, 9.17) is 4.42 Å². The normalized spacial score (nSPS) is 12.8. The molecule has 20 heavy (non-hydrogen) atoms. The first-order valence-corrected chi connectivity index (χ1v) is 7.20. The van der Waals surface area contributed by atoms with E-state index in [0.717, 1.165) is 5.56 Å². The molecule has 3 rings (SSSR count). The van der Waals surface area contributed by atoms with E-state index < -0.39 is 0 Å². The standard InChI is InChI=1S/C16H14BrNO2/c1-10(11-6-4-3-5-7-11)13-9-18(2)16(19)12-8-14(17)20-15(12)13/h3-10H,1-2H3. The average Bonchev–Trinajstić information content (AvgIpc) is 2.85. The zero-order valence-electron chi connectivity index (χ0n) is 11.3. The van der Waals surface area contributed by atoms with Crippen molar-refractivity contribution >= 4 is 26.9 Å². The van der Waals surface area contributed by atoms with Crippen LogP contribution >= 0.6 is 15.9 Å². The summed E-state index contributed by atoms with van der Waals surface area (Å²) in [6, 6.07) is 11.9. The van der Waals surface area contributed by atoms with Gasteiger partial charge < -0.3 is 8.98 Å². The number of halogens is 1. The van der Waals surface area contributed by atoms with Crippen LogP contribution in [0.2, 0.25) is 0 Å². The maximum atomic E-state index is 12.1. The van der Waals surface area contributed by atoms with Gasteiger partial charge in [-0.15, -0.1) is 0 Å². The van der Waals surface area contributed by atoms with Gasteiger partial charge in [-0.2, -0.15) is 0 Å². The molecule has 0 aliphatic carbocycles. The molecule has 0 bridgehead atoms. The van der Waals surface area contributed by atoms with Crippen LogP contribution in [0.4, 0.5) is 0 Å². The van der Waals surface area contributed by atoms with Gasteiger partial charge in [-0.05, 0) is 21.5 Å². The quantitative estimate of drug-likeness (QED) is 0.710. The van der Waals surface area contributed by atoms with E-state index in [9.17, 15) is 4.79 Å². The second-order valence-electron chi connectivity index (χ2n) is 4.93. The van der Waals surface area contributed by atoms with Crippen molar-refractivity contribution < 1.29 is 4.42 Å². The number of benzene rings is 1. The lowest BCUT2D eigenvalue weighted by molar-refractivity contribution is 0.579. The maximum absolute atomic E-state index is 12.1. The monoisotopic (exact) mass is 331 g/mol.